The number of rotatable bonds is 4. The molecular formula is C25H19ClIN5O2. The van der Waals surface area contributed by atoms with Crippen LogP contribution >= 0.6 is 34.2 Å². The molecule has 1 N–H and O–H groups in total. The highest BCUT2D eigenvalue weighted by atomic mass is 127. The summed E-state index contributed by atoms with van der Waals surface area (Å²) in [7, 11) is 3.42. The van der Waals surface area contributed by atoms with Crippen molar-refractivity contribution < 1.29 is 5.11 Å². The Morgan fingerprint density at radius 2 is 1.79 bits per heavy atom. The molecule has 0 aliphatic rings. The van der Waals surface area contributed by atoms with Crippen molar-refractivity contribution in [2.75, 3.05) is 0 Å². The van der Waals surface area contributed by atoms with E-state index in [2.05, 4.69) is 32.9 Å². The van der Waals surface area contributed by atoms with Crippen LogP contribution in [0.3, 0.4) is 0 Å². The smallest absolute Gasteiger partial charge is 0.251 e. The molecule has 7 nitrogen and oxygen atoms in total. The van der Waals surface area contributed by atoms with Gasteiger partial charge in [0.15, 0.2) is 5.60 Å². The number of benzene rings is 2. The number of halogens is 2. The van der Waals surface area contributed by atoms with Crippen molar-refractivity contribution in [2.45, 2.75) is 5.60 Å². The van der Waals surface area contributed by atoms with Crippen molar-refractivity contribution in [3.05, 3.63) is 109 Å². The van der Waals surface area contributed by atoms with E-state index < -0.39 is 5.60 Å². The summed E-state index contributed by atoms with van der Waals surface area (Å²) in [5, 5.41) is 20.8. The fraction of sp³-hybridized carbons (Fsp3) is 0.120. The molecule has 3 aromatic heterocycles. The number of hydrogen-bond acceptors (Lipinski definition) is 5. The molecule has 0 unspecified atom stereocenters. The summed E-state index contributed by atoms with van der Waals surface area (Å²) in [6.45, 7) is 0. The Hall–Kier alpha value is -3.08. The van der Waals surface area contributed by atoms with E-state index in [0.717, 1.165) is 9.13 Å². The minimum absolute atomic E-state index is 0.166. The number of pyridine rings is 2. The Kier molecular flexibility index (Phi) is 5.75. The first-order valence-corrected chi connectivity index (χ1v) is 11.9. The van der Waals surface area contributed by atoms with E-state index in [1.54, 1.807) is 44.4 Å². The second-order valence-electron chi connectivity index (χ2n) is 7.99. The Balaban J connectivity index is 1.84. The topological polar surface area (TPSA) is 85.8 Å². The van der Waals surface area contributed by atoms with Gasteiger partial charge in [-0.3, -0.25) is 4.79 Å². The molecule has 2 aromatic carbocycles. The SMILES string of the molecule is Cn1nncc1[C@@](O)(c1ccc(I)cc1)c1ccc2c(n1)c(-c1cccc(Cl)c1)cc(=O)n2C. The van der Waals surface area contributed by atoms with Crippen LogP contribution in [0, 0.1) is 3.57 Å². The quantitative estimate of drug-likeness (QED) is 0.320. The monoisotopic (exact) mass is 583 g/mol. The Bertz CT molecular complexity index is 1600. The number of aromatic nitrogens is 5. The third-order valence-corrected chi connectivity index (χ3v) is 6.90. The van der Waals surface area contributed by atoms with Gasteiger partial charge in [-0.25, -0.2) is 9.67 Å². The van der Waals surface area contributed by atoms with Crippen LogP contribution in [0.1, 0.15) is 17.0 Å². The van der Waals surface area contributed by atoms with Crippen molar-refractivity contribution in [1.82, 2.24) is 24.5 Å². The van der Waals surface area contributed by atoms with Gasteiger partial charge in [-0.05, 0) is 70.1 Å². The molecule has 170 valence electrons. The Labute approximate surface area is 213 Å². The Morgan fingerprint density at radius 3 is 2.47 bits per heavy atom. The highest BCUT2D eigenvalue weighted by molar-refractivity contribution is 14.1. The second-order valence-corrected chi connectivity index (χ2v) is 9.67. The molecule has 0 radical (unpaired) electrons. The number of aryl methyl sites for hydroxylation is 2. The predicted molar refractivity (Wildman–Crippen MR) is 140 cm³/mol. The Morgan fingerprint density at radius 1 is 1.03 bits per heavy atom. The van der Waals surface area contributed by atoms with Gasteiger partial charge in [-0.2, -0.15) is 0 Å². The molecule has 0 fully saturated rings. The average molecular weight is 584 g/mol. The van der Waals surface area contributed by atoms with Gasteiger partial charge in [0, 0.05) is 34.3 Å². The van der Waals surface area contributed by atoms with Crippen molar-refractivity contribution in [3.8, 4) is 11.1 Å². The molecular weight excluding hydrogens is 565 g/mol. The first kappa shape index (κ1) is 22.7. The first-order valence-electron chi connectivity index (χ1n) is 10.4. The maximum atomic E-state index is 12.7. The number of nitrogens with zero attached hydrogens (tertiary/aromatic N) is 5. The zero-order valence-corrected chi connectivity index (χ0v) is 21.2. The minimum Gasteiger partial charge on any atom is -0.373 e. The molecule has 3 heterocycles. The lowest BCUT2D eigenvalue weighted by molar-refractivity contribution is 0.111. The number of hydrogen-bond donors (Lipinski definition) is 1. The maximum Gasteiger partial charge on any atom is 0.251 e. The lowest BCUT2D eigenvalue weighted by atomic mass is 9.86. The van der Waals surface area contributed by atoms with Gasteiger partial charge in [-0.15, -0.1) is 5.10 Å². The van der Waals surface area contributed by atoms with E-state index in [4.69, 9.17) is 16.6 Å². The highest BCUT2D eigenvalue weighted by Crippen LogP contribution is 2.37. The van der Waals surface area contributed by atoms with Crippen molar-refractivity contribution in [2.24, 2.45) is 14.1 Å². The summed E-state index contributed by atoms with van der Waals surface area (Å²) in [6, 6.07) is 19.9. The van der Waals surface area contributed by atoms with Gasteiger partial charge in [0.05, 0.1) is 22.9 Å². The third kappa shape index (κ3) is 3.71. The van der Waals surface area contributed by atoms with E-state index >= 15 is 0 Å². The molecule has 5 aromatic rings. The fourth-order valence-electron chi connectivity index (χ4n) is 4.14. The van der Waals surface area contributed by atoms with Crippen LogP contribution in [0.15, 0.2) is 77.7 Å². The average Bonchev–Trinajstić information content (AvgIpc) is 3.27. The summed E-state index contributed by atoms with van der Waals surface area (Å²) >= 11 is 8.46. The molecule has 5 rings (SSSR count). The molecule has 0 bridgehead atoms. The summed E-state index contributed by atoms with van der Waals surface area (Å²) in [5.74, 6) is 0. The summed E-state index contributed by atoms with van der Waals surface area (Å²) in [5.41, 5.74) is 2.29. The van der Waals surface area contributed by atoms with E-state index in [9.17, 15) is 9.90 Å². The molecule has 1 atom stereocenters. The zero-order valence-electron chi connectivity index (χ0n) is 18.3. The van der Waals surface area contributed by atoms with Gasteiger partial charge in [-0.1, -0.05) is 41.1 Å². The van der Waals surface area contributed by atoms with Crippen LogP contribution in [0.5, 0.6) is 0 Å². The van der Waals surface area contributed by atoms with Crippen LogP contribution in [0.4, 0.5) is 0 Å². The zero-order chi connectivity index (χ0) is 24.0. The van der Waals surface area contributed by atoms with Crippen LogP contribution in [0.25, 0.3) is 22.2 Å². The van der Waals surface area contributed by atoms with Crippen LogP contribution in [-0.2, 0) is 19.7 Å². The third-order valence-electron chi connectivity index (χ3n) is 5.94. The standard InChI is InChI=1S/C25H19ClIN5O2/c1-31-20-10-11-21(29-24(20)19(13-23(31)33)15-4-3-5-17(26)12-15)25(34,22-14-28-30-32(22)2)16-6-8-18(27)9-7-16/h3-14,34H,1-2H3/t25-/m1/s1. The van der Waals surface area contributed by atoms with Crippen LogP contribution < -0.4 is 5.56 Å². The molecule has 0 amide bonds. The van der Waals surface area contributed by atoms with E-state index in [1.807, 2.05) is 36.4 Å². The van der Waals surface area contributed by atoms with Gasteiger partial charge in [0.2, 0.25) is 0 Å². The van der Waals surface area contributed by atoms with Crippen LogP contribution in [-0.4, -0.2) is 29.7 Å². The molecule has 34 heavy (non-hydrogen) atoms. The maximum absolute atomic E-state index is 12.7. The van der Waals surface area contributed by atoms with Gasteiger partial charge in [0.25, 0.3) is 5.56 Å². The van der Waals surface area contributed by atoms with E-state index in [-0.39, 0.29) is 5.56 Å². The molecule has 9 heteroatoms. The largest absolute Gasteiger partial charge is 0.373 e. The lowest BCUT2D eigenvalue weighted by Gasteiger charge is -2.28. The van der Waals surface area contributed by atoms with Gasteiger partial charge in [0.1, 0.15) is 5.69 Å². The lowest BCUT2D eigenvalue weighted by Crippen LogP contribution is -2.32. The molecule has 0 aliphatic carbocycles. The predicted octanol–water partition coefficient (Wildman–Crippen LogP) is 4.27. The number of aliphatic hydroxyl groups is 1. The van der Waals surface area contributed by atoms with E-state index in [0.29, 0.717) is 38.6 Å². The first-order chi connectivity index (χ1) is 16.3. The van der Waals surface area contributed by atoms with Crippen molar-refractivity contribution in [3.63, 3.8) is 0 Å². The van der Waals surface area contributed by atoms with Crippen molar-refractivity contribution in [1.29, 1.82) is 0 Å². The van der Waals surface area contributed by atoms with Gasteiger partial charge < -0.3 is 9.67 Å². The number of fused-ring (bicyclic) bond motifs is 1. The van der Waals surface area contributed by atoms with E-state index in [1.165, 1.54) is 15.4 Å². The van der Waals surface area contributed by atoms with Crippen molar-refractivity contribution >= 4 is 45.2 Å². The molecule has 0 aliphatic heterocycles. The summed E-state index contributed by atoms with van der Waals surface area (Å²) < 4.78 is 4.11. The molecule has 0 saturated carbocycles. The molecule has 0 saturated heterocycles. The fourth-order valence-corrected chi connectivity index (χ4v) is 4.69. The molecule has 0 spiro atoms. The normalized spacial score (nSPS) is 13.2. The highest BCUT2D eigenvalue weighted by Gasteiger charge is 2.39. The van der Waals surface area contributed by atoms with Gasteiger partial charge >= 0.3 is 0 Å². The summed E-state index contributed by atoms with van der Waals surface area (Å²) in [4.78, 5) is 17.6. The minimum atomic E-state index is -1.63. The summed E-state index contributed by atoms with van der Waals surface area (Å²) in [6.07, 6.45) is 1.53. The van der Waals surface area contributed by atoms with Crippen LogP contribution in [0.2, 0.25) is 5.02 Å². The second kappa shape index (κ2) is 8.61.